The molecule has 2 rings (SSSR count). The number of likely N-dealkylation sites (tertiary alicyclic amines) is 1. The normalized spacial score (nSPS) is 14.9. The van der Waals surface area contributed by atoms with E-state index in [9.17, 15) is 9.59 Å². The number of aromatic nitrogens is 2. The molecule has 0 atom stereocenters. The molecule has 25 heavy (non-hydrogen) atoms. The summed E-state index contributed by atoms with van der Waals surface area (Å²) in [5, 5.41) is 3.21. The first kappa shape index (κ1) is 19.2. The number of hydrogen-bond acceptors (Lipinski definition) is 7. The fourth-order valence-electron chi connectivity index (χ4n) is 2.51. The molecule has 2 heterocycles. The SMILES string of the molecule is CCCCOC(=O)N1CCC(Nc2cc(C(=O)OC)nc(Cl)n2)CC1. The van der Waals surface area contributed by atoms with Gasteiger partial charge in [0, 0.05) is 25.2 Å². The molecule has 0 aliphatic carbocycles. The number of hydrogen-bond donors (Lipinski definition) is 1. The molecule has 0 radical (unpaired) electrons. The number of nitrogens with zero attached hydrogens (tertiary/aromatic N) is 3. The van der Waals surface area contributed by atoms with Crippen molar-refractivity contribution in [2.75, 3.05) is 32.1 Å². The van der Waals surface area contributed by atoms with Gasteiger partial charge in [0.25, 0.3) is 0 Å². The molecule has 1 saturated heterocycles. The number of ether oxygens (including phenoxy) is 2. The van der Waals surface area contributed by atoms with Crippen LogP contribution in [0.25, 0.3) is 0 Å². The monoisotopic (exact) mass is 370 g/mol. The van der Waals surface area contributed by atoms with Gasteiger partial charge in [-0.2, -0.15) is 0 Å². The highest BCUT2D eigenvalue weighted by Crippen LogP contribution is 2.18. The van der Waals surface area contributed by atoms with Crippen LogP contribution in [0.2, 0.25) is 5.28 Å². The number of amides is 1. The Bertz CT molecular complexity index is 606. The van der Waals surface area contributed by atoms with Gasteiger partial charge in [-0.05, 0) is 30.9 Å². The first-order chi connectivity index (χ1) is 12.0. The first-order valence-corrected chi connectivity index (χ1v) is 8.72. The molecule has 1 amide bonds. The zero-order valence-corrected chi connectivity index (χ0v) is 15.2. The molecule has 0 aromatic carbocycles. The third-order valence-corrected chi connectivity index (χ3v) is 4.09. The summed E-state index contributed by atoms with van der Waals surface area (Å²) in [6, 6.07) is 1.62. The molecule has 1 aliphatic rings. The fraction of sp³-hybridized carbons (Fsp3) is 0.625. The Hall–Kier alpha value is -2.09. The zero-order valence-electron chi connectivity index (χ0n) is 14.5. The smallest absolute Gasteiger partial charge is 0.409 e. The van der Waals surface area contributed by atoms with Crippen LogP contribution in [0, 0.1) is 0 Å². The number of methoxy groups -OCH3 is 1. The molecule has 0 unspecified atom stereocenters. The predicted octanol–water partition coefficient (Wildman–Crippen LogP) is 2.73. The van der Waals surface area contributed by atoms with Gasteiger partial charge in [-0.3, -0.25) is 0 Å². The van der Waals surface area contributed by atoms with E-state index in [0.29, 0.717) is 25.5 Å². The summed E-state index contributed by atoms with van der Waals surface area (Å²) < 4.78 is 9.87. The second-order valence-corrected chi connectivity index (χ2v) is 6.11. The van der Waals surface area contributed by atoms with E-state index in [2.05, 4.69) is 26.9 Å². The van der Waals surface area contributed by atoms with Crippen molar-refractivity contribution in [3.05, 3.63) is 17.0 Å². The van der Waals surface area contributed by atoms with E-state index in [4.69, 9.17) is 16.3 Å². The summed E-state index contributed by atoms with van der Waals surface area (Å²) >= 11 is 5.85. The lowest BCUT2D eigenvalue weighted by Gasteiger charge is -2.32. The molecule has 0 spiro atoms. The van der Waals surface area contributed by atoms with Crippen LogP contribution in [0.15, 0.2) is 6.07 Å². The van der Waals surface area contributed by atoms with Crippen molar-refractivity contribution in [2.24, 2.45) is 0 Å². The molecule has 0 saturated carbocycles. The van der Waals surface area contributed by atoms with Crippen LogP contribution in [0.1, 0.15) is 43.1 Å². The minimum Gasteiger partial charge on any atom is -0.464 e. The van der Waals surface area contributed by atoms with Crippen LogP contribution in [-0.2, 0) is 9.47 Å². The molecule has 1 fully saturated rings. The van der Waals surface area contributed by atoms with Gasteiger partial charge >= 0.3 is 12.1 Å². The Kier molecular flexibility index (Phi) is 7.24. The molecule has 8 nitrogen and oxygen atoms in total. The van der Waals surface area contributed by atoms with Gasteiger partial charge in [0.2, 0.25) is 5.28 Å². The van der Waals surface area contributed by atoms with Gasteiger partial charge in [-0.25, -0.2) is 19.6 Å². The number of esters is 1. The third-order valence-electron chi connectivity index (χ3n) is 3.92. The zero-order chi connectivity index (χ0) is 18.2. The Morgan fingerprint density at radius 2 is 2.08 bits per heavy atom. The highest BCUT2D eigenvalue weighted by atomic mass is 35.5. The van der Waals surface area contributed by atoms with Crippen molar-refractivity contribution in [3.8, 4) is 0 Å². The van der Waals surface area contributed by atoms with Crippen molar-refractivity contribution in [2.45, 2.75) is 38.6 Å². The second kappa shape index (κ2) is 9.41. The Morgan fingerprint density at radius 1 is 1.36 bits per heavy atom. The number of anilines is 1. The number of carbonyl (C=O) groups is 2. The summed E-state index contributed by atoms with van der Waals surface area (Å²) in [5.41, 5.74) is 0.0990. The average molecular weight is 371 g/mol. The van der Waals surface area contributed by atoms with Gasteiger partial charge in [0.05, 0.1) is 13.7 Å². The van der Waals surface area contributed by atoms with Gasteiger partial charge in [0.1, 0.15) is 5.82 Å². The lowest BCUT2D eigenvalue weighted by atomic mass is 10.1. The molecule has 0 bridgehead atoms. The second-order valence-electron chi connectivity index (χ2n) is 5.77. The Balaban J connectivity index is 1.86. The van der Waals surface area contributed by atoms with E-state index in [1.807, 2.05) is 0 Å². The number of halogens is 1. The lowest BCUT2D eigenvalue weighted by Crippen LogP contribution is -2.42. The van der Waals surface area contributed by atoms with Crippen LogP contribution in [-0.4, -0.2) is 59.8 Å². The van der Waals surface area contributed by atoms with Crippen LogP contribution < -0.4 is 5.32 Å². The van der Waals surface area contributed by atoms with Crippen molar-refractivity contribution in [3.63, 3.8) is 0 Å². The molecule has 1 aromatic heterocycles. The van der Waals surface area contributed by atoms with E-state index in [1.165, 1.54) is 13.2 Å². The van der Waals surface area contributed by atoms with E-state index in [1.54, 1.807) is 4.90 Å². The predicted molar refractivity (Wildman–Crippen MR) is 92.9 cm³/mol. The minimum absolute atomic E-state index is 0.0256. The van der Waals surface area contributed by atoms with Gasteiger partial charge in [0.15, 0.2) is 5.69 Å². The van der Waals surface area contributed by atoms with Crippen molar-refractivity contribution >= 4 is 29.5 Å². The molecule has 9 heteroatoms. The molecule has 1 aliphatic heterocycles. The number of rotatable bonds is 6. The number of carbonyl (C=O) groups excluding carboxylic acids is 2. The van der Waals surface area contributed by atoms with Crippen molar-refractivity contribution in [1.82, 2.24) is 14.9 Å². The van der Waals surface area contributed by atoms with E-state index >= 15 is 0 Å². The lowest BCUT2D eigenvalue weighted by molar-refractivity contribution is 0.0593. The standard InChI is InChI=1S/C16H23ClN4O4/c1-3-4-9-25-16(23)21-7-5-11(6-8-21)18-13-10-12(14(22)24-2)19-15(17)20-13/h10-11H,3-9H2,1-2H3,(H,18,19,20). The average Bonchev–Trinajstić information content (AvgIpc) is 2.61. The summed E-state index contributed by atoms with van der Waals surface area (Å²) in [6.07, 6.45) is 3.11. The van der Waals surface area contributed by atoms with Crippen LogP contribution in [0.4, 0.5) is 10.6 Å². The Labute approximate surface area is 151 Å². The van der Waals surface area contributed by atoms with Crippen LogP contribution in [0.3, 0.4) is 0 Å². The molecule has 1 N–H and O–H groups in total. The maximum Gasteiger partial charge on any atom is 0.409 e. The highest BCUT2D eigenvalue weighted by Gasteiger charge is 2.24. The minimum atomic E-state index is -0.572. The number of nitrogens with one attached hydrogen (secondary N) is 1. The maximum absolute atomic E-state index is 11.9. The topological polar surface area (TPSA) is 93.7 Å². The van der Waals surface area contributed by atoms with Gasteiger partial charge < -0.3 is 19.7 Å². The molecule has 1 aromatic rings. The molecular weight excluding hydrogens is 348 g/mol. The van der Waals surface area contributed by atoms with Gasteiger partial charge in [-0.1, -0.05) is 13.3 Å². The summed E-state index contributed by atoms with van der Waals surface area (Å²) in [6.45, 7) is 3.72. The van der Waals surface area contributed by atoms with Crippen molar-refractivity contribution in [1.29, 1.82) is 0 Å². The Morgan fingerprint density at radius 3 is 2.72 bits per heavy atom. The van der Waals surface area contributed by atoms with Crippen LogP contribution >= 0.6 is 11.6 Å². The fourth-order valence-corrected chi connectivity index (χ4v) is 2.69. The maximum atomic E-state index is 11.9. The molecular formula is C16H23ClN4O4. The third kappa shape index (κ3) is 5.74. The summed E-state index contributed by atoms with van der Waals surface area (Å²) in [4.78, 5) is 33.1. The highest BCUT2D eigenvalue weighted by molar-refractivity contribution is 6.28. The number of piperidine rings is 1. The van der Waals surface area contributed by atoms with E-state index in [-0.39, 0.29) is 23.1 Å². The largest absolute Gasteiger partial charge is 0.464 e. The molecule has 138 valence electrons. The summed E-state index contributed by atoms with van der Waals surface area (Å²) in [7, 11) is 1.28. The van der Waals surface area contributed by atoms with Crippen molar-refractivity contribution < 1.29 is 19.1 Å². The van der Waals surface area contributed by atoms with Crippen LogP contribution in [0.5, 0.6) is 0 Å². The van der Waals surface area contributed by atoms with E-state index in [0.717, 1.165) is 25.7 Å². The first-order valence-electron chi connectivity index (χ1n) is 8.34. The van der Waals surface area contributed by atoms with Gasteiger partial charge in [-0.15, -0.1) is 0 Å². The quantitative estimate of drug-likeness (QED) is 0.467. The summed E-state index contributed by atoms with van der Waals surface area (Å²) in [5.74, 6) is -0.110. The number of unbranched alkanes of at least 4 members (excludes halogenated alkanes) is 1. The van der Waals surface area contributed by atoms with E-state index < -0.39 is 5.97 Å².